The van der Waals surface area contributed by atoms with Gasteiger partial charge < -0.3 is 0 Å². The molecule has 1 heterocycles. The highest BCUT2D eigenvalue weighted by Gasteiger charge is 2.16. The van der Waals surface area contributed by atoms with E-state index in [1.807, 2.05) is 11.7 Å². The average Bonchev–Trinajstić information content (AvgIpc) is 2.62. The first-order chi connectivity index (χ1) is 8.99. The zero-order chi connectivity index (χ0) is 14.4. The second-order valence-electron chi connectivity index (χ2n) is 5.22. The number of halogens is 1. The largest absolute Gasteiger partial charge is 0.296 e. The van der Waals surface area contributed by atoms with Crippen molar-refractivity contribution in [2.75, 3.05) is 13.1 Å². The SMILES string of the molecule is CCc1nn(C)c(CN(CCC#N)CC(C)C)c1Br. The zero-order valence-corrected chi connectivity index (χ0v) is 13.9. The third kappa shape index (κ3) is 4.63. The summed E-state index contributed by atoms with van der Waals surface area (Å²) in [7, 11) is 1.98. The van der Waals surface area contributed by atoms with Crippen LogP contribution in [-0.2, 0) is 20.0 Å². The lowest BCUT2D eigenvalue weighted by atomic mass is 10.2. The summed E-state index contributed by atoms with van der Waals surface area (Å²) in [4.78, 5) is 2.33. The summed E-state index contributed by atoms with van der Waals surface area (Å²) in [5.41, 5.74) is 2.29. The van der Waals surface area contributed by atoms with Crippen LogP contribution in [0.5, 0.6) is 0 Å². The quantitative estimate of drug-likeness (QED) is 0.773. The van der Waals surface area contributed by atoms with Gasteiger partial charge in [0.1, 0.15) is 0 Å². The molecule has 1 aromatic rings. The molecular formula is C14H23BrN4. The van der Waals surface area contributed by atoms with Crippen LogP contribution >= 0.6 is 15.9 Å². The van der Waals surface area contributed by atoms with Crippen molar-refractivity contribution in [1.82, 2.24) is 14.7 Å². The molecule has 1 rings (SSSR count). The molecule has 0 spiro atoms. The first-order valence-corrected chi connectivity index (χ1v) is 7.58. The smallest absolute Gasteiger partial charge is 0.0767 e. The van der Waals surface area contributed by atoms with Crippen LogP contribution in [0.25, 0.3) is 0 Å². The summed E-state index contributed by atoms with van der Waals surface area (Å²) in [6.07, 6.45) is 1.50. The van der Waals surface area contributed by atoms with E-state index in [1.165, 1.54) is 5.69 Å². The number of nitrogens with zero attached hydrogens (tertiary/aromatic N) is 4. The highest BCUT2D eigenvalue weighted by atomic mass is 79.9. The minimum Gasteiger partial charge on any atom is -0.296 e. The summed E-state index contributed by atoms with van der Waals surface area (Å²) in [6, 6.07) is 2.23. The van der Waals surface area contributed by atoms with Gasteiger partial charge in [-0.25, -0.2) is 0 Å². The van der Waals surface area contributed by atoms with Gasteiger partial charge in [-0.05, 0) is 28.3 Å². The minimum atomic E-state index is 0.572. The van der Waals surface area contributed by atoms with E-state index in [2.05, 4.69) is 52.8 Å². The van der Waals surface area contributed by atoms with Crippen molar-refractivity contribution in [3.05, 3.63) is 15.9 Å². The molecule has 0 amide bonds. The Morgan fingerprint density at radius 3 is 2.63 bits per heavy atom. The van der Waals surface area contributed by atoms with Crippen molar-refractivity contribution >= 4 is 15.9 Å². The summed E-state index contributed by atoms with van der Waals surface area (Å²) in [5, 5.41) is 13.3. The van der Waals surface area contributed by atoms with Gasteiger partial charge in [0.25, 0.3) is 0 Å². The fraction of sp³-hybridized carbons (Fsp3) is 0.714. The fourth-order valence-electron chi connectivity index (χ4n) is 2.16. The van der Waals surface area contributed by atoms with E-state index in [4.69, 9.17) is 5.26 Å². The topological polar surface area (TPSA) is 44.9 Å². The monoisotopic (exact) mass is 326 g/mol. The zero-order valence-electron chi connectivity index (χ0n) is 12.3. The maximum absolute atomic E-state index is 8.76. The van der Waals surface area contributed by atoms with Crippen LogP contribution in [0.1, 0.15) is 38.6 Å². The normalized spacial score (nSPS) is 11.3. The highest BCUT2D eigenvalue weighted by molar-refractivity contribution is 9.10. The van der Waals surface area contributed by atoms with E-state index in [-0.39, 0.29) is 0 Å². The lowest BCUT2D eigenvalue weighted by molar-refractivity contribution is 0.235. The van der Waals surface area contributed by atoms with Crippen molar-refractivity contribution in [1.29, 1.82) is 5.26 Å². The van der Waals surface area contributed by atoms with E-state index < -0.39 is 0 Å². The van der Waals surface area contributed by atoms with Crippen molar-refractivity contribution in [3.63, 3.8) is 0 Å². The van der Waals surface area contributed by atoms with Gasteiger partial charge in [-0.2, -0.15) is 10.4 Å². The molecule has 0 N–H and O–H groups in total. The maximum atomic E-state index is 8.76. The molecule has 5 heteroatoms. The lowest BCUT2D eigenvalue weighted by Crippen LogP contribution is -2.29. The average molecular weight is 327 g/mol. The predicted octanol–water partition coefficient (Wildman–Crippen LogP) is 3.12. The molecular weight excluding hydrogens is 304 g/mol. The first-order valence-electron chi connectivity index (χ1n) is 6.79. The van der Waals surface area contributed by atoms with E-state index >= 15 is 0 Å². The molecule has 0 saturated carbocycles. The summed E-state index contributed by atoms with van der Waals surface area (Å²) >= 11 is 3.65. The van der Waals surface area contributed by atoms with Crippen molar-refractivity contribution in [2.45, 2.75) is 40.2 Å². The third-order valence-corrected chi connectivity index (χ3v) is 3.95. The van der Waals surface area contributed by atoms with Crippen LogP contribution in [0.15, 0.2) is 4.47 Å². The van der Waals surface area contributed by atoms with Crippen molar-refractivity contribution in [2.24, 2.45) is 13.0 Å². The van der Waals surface area contributed by atoms with Crippen molar-refractivity contribution in [3.8, 4) is 6.07 Å². The Balaban J connectivity index is 2.83. The summed E-state index contributed by atoms with van der Waals surface area (Å²) in [6.45, 7) is 9.17. The van der Waals surface area contributed by atoms with Gasteiger partial charge in [0.2, 0.25) is 0 Å². The molecule has 19 heavy (non-hydrogen) atoms. The molecule has 0 aliphatic rings. The van der Waals surface area contributed by atoms with E-state index in [0.29, 0.717) is 12.3 Å². The van der Waals surface area contributed by atoms with Gasteiger partial charge in [0, 0.05) is 33.1 Å². The predicted molar refractivity (Wildman–Crippen MR) is 80.6 cm³/mol. The Labute approximate surface area is 124 Å². The van der Waals surface area contributed by atoms with Crippen molar-refractivity contribution < 1.29 is 0 Å². The van der Waals surface area contributed by atoms with E-state index in [9.17, 15) is 0 Å². The first kappa shape index (κ1) is 16.2. The standard InChI is InChI=1S/C14H23BrN4/c1-5-12-14(15)13(18(4)17-12)10-19(8-6-7-16)9-11(2)3/h11H,5-6,8-10H2,1-4H3. The Hall–Kier alpha value is -0.860. The molecule has 106 valence electrons. The van der Waals surface area contributed by atoms with Gasteiger partial charge in [-0.1, -0.05) is 20.8 Å². The van der Waals surface area contributed by atoms with Gasteiger partial charge >= 0.3 is 0 Å². The molecule has 0 saturated heterocycles. The Morgan fingerprint density at radius 1 is 1.47 bits per heavy atom. The molecule has 0 aromatic carbocycles. The number of hydrogen-bond donors (Lipinski definition) is 0. The van der Waals surface area contributed by atoms with Crippen LogP contribution in [0.3, 0.4) is 0 Å². The van der Waals surface area contributed by atoms with E-state index in [0.717, 1.165) is 36.2 Å². The van der Waals surface area contributed by atoms with Gasteiger partial charge in [0.05, 0.1) is 21.9 Å². The number of rotatable bonds is 7. The number of nitriles is 1. The molecule has 4 nitrogen and oxygen atoms in total. The number of aromatic nitrogens is 2. The number of hydrogen-bond acceptors (Lipinski definition) is 3. The molecule has 0 fully saturated rings. The molecule has 0 aliphatic heterocycles. The van der Waals surface area contributed by atoms with Gasteiger partial charge in [-0.3, -0.25) is 9.58 Å². The van der Waals surface area contributed by atoms with Crippen LogP contribution in [0.4, 0.5) is 0 Å². The fourth-order valence-corrected chi connectivity index (χ4v) is 2.90. The number of aryl methyl sites for hydroxylation is 2. The Morgan fingerprint density at radius 2 is 2.16 bits per heavy atom. The van der Waals surface area contributed by atoms with Crippen LogP contribution in [-0.4, -0.2) is 27.8 Å². The minimum absolute atomic E-state index is 0.572. The molecule has 0 unspecified atom stereocenters. The maximum Gasteiger partial charge on any atom is 0.0767 e. The second-order valence-corrected chi connectivity index (χ2v) is 6.01. The van der Waals surface area contributed by atoms with Crippen LogP contribution < -0.4 is 0 Å². The molecule has 1 aromatic heterocycles. The molecule has 0 atom stereocenters. The van der Waals surface area contributed by atoms with E-state index in [1.54, 1.807) is 0 Å². The highest BCUT2D eigenvalue weighted by Crippen LogP contribution is 2.23. The summed E-state index contributed by atoms with van der Waals surface area (Å²) in [5.74, 6) is 0.594. The Kier molecular flexibility index (Phi) is 6.53. The summed E-state index contributed by atoms with van der Waals surface area (Å²) < 4.78 is 3.06. The van der Waals surface area contributed by atoms with Gasteiger partial charge in [-0.15, -0.1) is 0 Å². The molecule has 0 aliphatic carbocycles. The molecule has 0 bridgehead atoms. The Bertz CT molecular complexity index is 445. The second kappa shape index (κ2) is 7.66. The third-order valence-electron chi connectivity index (χ3n) is 3.04. The van der Waals surface area contributed by atoms with Gasteiger partial charge in [0.15, 0.2) is 0 Å². The lowest BCUT2D eigenvalue weighted by Gasteiger charge is -2.23. The van der Waals surface area contributed by atoms with Crippen LogP contribution in [0, 0.1) is 17.2 Å². The van der Waals surface area contributed by atoms with Crippen LogP contribution in [0.2, 0.25) is 0 Å². The molecule has 0 radical (unpaired) electrons.